The zero-order valence-electron chi connectivity index (χ0n) is 26.4. The van der Waals surface area contributed by atoms with Crippen molar-refractivity contribution >= 4 is 71.6 Å². The second-order valence-corrected chi connectivity index (χ2v) is 12.4. The molecule has 0 radical (unpaired) electrons. The number of hydrogen-bond donors (Lipinski definition) is 0. The first-order chi connectivity index (χ1) is 24.3. The van der Waals surface area contributed by atoms with Crippen LogP contribution in [0.3, 0.4) is 0 Å². The fourth-order valence-corrected chi connectivity index (χ4v) is 7.15. The van der Waals surface area contributed by atoms with Crippen LogP contribution in [0.15, 0.2) is 179 Å². The molecule has 0 saturated heterocycles. The molecular formula is C45H28N2O2. The molecule has 0 saturated carbocycles. The van der Waals surface area contributed by atoms with E-state index in [1.807, 2.05) is 42.5 Å². The van der Waals surface area contributed by atoms with Crippen molar-refractivity contribution in [3.8, 4) is 22.6 Å². The lowest BCUT2D eigenvalue weighted by atomic mass is 9.99. The summed E-state index contributed by atoms with van der Waals surface area (Å²) < 4.78 is 13.2. The summed E-state index contributed by atoms with van der Waals surface area (Å²) in [5.74, 6) is 0.576. The third kappa shape index (κ3) is 4.49. The van der Waals surface area contributed by atoms with Crippen molar-refractivity contribution in [3.63, 3.8) is 0 Å². The van der Waals surface area contributed by atoms with E-state index >= 15 is 0 Å². The summed E-state index contributed by atoms with van der Waals surface area (Å²) in [5, 5.41) is 6.57. The van der Waals surface area contributed by atoms with Crippen molar-refractivity contribution in [2.75, 3.05) is 4.90 Å². The predicted molar refractivity (Wildman–Crippen MR) is 202 cm³/mol. The van der Waals surface area contributed by atoms with E-state index in [1.54, 1.807) is 0 Å². The van der Waals surface area contributed by atoms with Crippen LogP contribution in [0, 0.1) is 0 Å². The van der Waals surface area contributed by atoms with Gasteiger partial charge in [0.15, 0.2) is 11.2 Å². The van der Waals surface area contributed by atoms with Crippen LogP contribution in [0.5, 0.6) is 0 Å². The molecule has 0 aliphatic heterocycles. The van der Waals surface area contributed by atoms with Gasteiger partial charge in [0, 0.05) is 33.1 Å². The Kier molecular flexibility index (Phi) is 6.15. The van der Waals surface area contributed by atoms with E-state index in [1.165, 1.54) is 16.3 Å². The summed E-state index contributed by atoms with van der Waals surface area (Å²) in [6.07, 6.45) is 0. The summed E-state index contributed by atoms with van der Waals surface area (Å²) >= 11 is 0. The van der Waals surface area contributed by atoms with Gasteiger partial charge < -0.3 is 13.7 Å². The van der Waals surface area contributed by atoms with E-state index in [9.17, 15) is 0 Å². The lowest BCUT2D eigenvalue weighted by Crippen LogP contribution is -2.11. The zero-order chi connectivity index (χ0) is 32.3. The first kappa shape index (κ1) is 27.5. The first-order valence-electron chi connectivity index (χ1n) is 16.5. The number of nitrogens with zero attached hydrogens (tertiary/aromatic N) is 2. The lowest BCUT2D eigenvalue weighted by molar-refractivity contribution is 0.620. The molecule has 8 aromatic carbocycles. The minimum atomic E-state index is 0.576. The molecule has 0 spiro atoms. The van der Waals surface area contributed by atoms with Crippen molar-refractivity contribution in [2.45, 2.75) is 0 Å². The number of furan rings is 1. The standard InChI is InChI=1S/C45H28N2O2/c1-2-11-29(12-3-1)31-21-24-34(25-22-31)47(35-26-23-30-13-4-5-14-32(30)27-35)43-36-16-7-6-15-33(36)28-38-42-37(17-10-20-41(42)48-44(38)43)45-46-39-18-8-9-19-40(39)49-45/h1-28H. The average molecular weight is 629 g/mol. The molecular weight excluding hydrogens is 601 g/mol. The molecule has 49 heavy (non-hydrogen) atoms. The summed E-state index contributed by atoms with van der Waals surface area (Å²) in [6.45, 7) is 0. The predicted octanol–water partition coefficient (Wildman–Crippen LogP) is 12.8. The monoisotopic (exact) mass is 628 g/mol. The largest absolute Gasteiger partial charge is 0.454 e. The number of oxazole rings is 1. The highest BCUT2D eigenvalue weighted by atomic mass is 16.3. The number of anilines is 3. The molecule has 230 valence electrons. The van der Waals surface area contributed by atoms with E-state index in [-0.39, 0.29) is 0 Å². The highest BCUT2D eigenvalue weighted by molar-refractivity contribution is 6.22. The molecule has 0 bridgehead atoms. The smallest absolute Gasteiger partial charge is 0.228 e. The van der Waals surface area contributed by atoms with Crippen LogP contribution in [-0.2, 0) is 0 Å². The van der Waals surface area contributed by atoms with Crippen LogP contribution in [0.25, 0.3) is 77.2 Å². The molecule has 10 aromatic rings. The minimum Gasteiger partial charge on any atom is -0.454 e. The normalized spacial score (nSPS) is 11.7. The molecule has 0 aliphatic rings. The second kappa shape index (κ2) is 11.0. The molecule has 0 aliphatic carbocycles. The third-order valence-corrected chi connectivity index (χ3v) is 9.45. The SMILES string of the molecule is c1ccc(-c2ccc(N(c3ccc4ccccc4c3)c3c4ccccc4cc4c3oc3cccc(-c5nc6ccccc6o5)c34)cc2)cc1. The van der Waals surface area contributed by atoms with Gasteiger partial charge in [-0.2, -0.15) is 0 Å². The maximum Gasteiger partial charge on any atom is 0.228 e. The van der Waals surface area contributed by atoms with Gasteiger partial charge in [-0.05, 0) is 81.9 Å². The summed E-state index contributed by atoms with van der Waals surface area (Å²) in [5.41, 5.74) is 9.48. The van der Waals surface area contributed by atoms with Gasteiger partial charge in [-0.25, -0.2) is 4.98 Å². The van der Waals surface area contributed by atoms with E-state index in [2.05, 4.69) is 132 Å². The van der Waals surface area contributed by atoms with Gasteiger partial charge in [0.25, 0.3) is 0 Å². The summed E-state index contributed by atoms with van der Waals surface area (Å²) in [4.78, 5) is 7.22. The third-order valence-electron chi connectivity index (χ3n) is 9.45. The van der Waals surface area contributed by atoms with Crippen molar-refractivity contribution in [2.24, 2.45) is 0 Å². The molecule has 4 heteroatoms. The highest BCUT2D eigenvalue weighted by Gasteiger charge is 2.25. The number of hydrogen-bond acceptors (Lipinski definition) is 4. The number of benzene rings is 8. The van der Waals surface area contributed by atoms with Gasteiger partial charge in [0.1, 0.15) is 11.1 Å². The van der Waals surface area contributed by atoms with Crippen LogP contribution in [0.4, 0.5) is 17.1 Å². The van der Waals surface area contributed by atoms with Crippen molar-refractivity contribution in [1.82, 2.24) is 4.98 Å². The number of fused-ring (bicyclic) bond motifs is 6. The van der Waals surface area contributed by atoms with Crippen molar-refractivity contribution < 1.29 is 8.83 Å². The number of para-hydroxylation sites is 2. The van der Waals surface area contributed by atoms with E-state index in [4.69, 9.17) is 13.8 Å². The Morgan fingerprint density at radius 1 is 0.449 bits per heavy atom. The molecule has 10 rings (SSSR count). The van der Waals surface area contributed by atoms with Crippen LogP contribution >= 0.6 is 0 Å². The molecule has 0 unspecified atom stereocenters. The summed E-state index contributed by atoms with van der Waals surface area (Å²) in [6, 6.07) is 59.3. The van der Waals surface area contributed by atoms with Crippen LogP contribution in [-0.4, -0.2) is 4.98 Å². The van der Waals surface area contributed by atoms with E-state index < -0.39 is 0 Å². The molecule has 0 amide bonds. The lowest BCUT2D eigenvalue weighted by Gasteiger charge is -2.27. The molecule has 0 atom stereocenters. The second-order valence-electron chi connectivity index (χ2n) is 12.4. The van der Waals surface area contributed by atoms with Crippen molar-refractivity contribution in [3.05, 3.63) is 170 Å². The Morgan fingerprint density at radius 3 is 2.00 bits per heavy atom. The number of aromatic nitrogens is 1. The maximum absolute atomic E-state index is 6.92. The minimum absolute atomic E-state index is 0.576. The highest BCUT2D eigenvalue weighted by Crippen LogP contribution is 2.48. The van der Waals surface area contributed by atoms with Crippen LogP contribution in [0.1, 0.15) is 0 Å². The molecule has 0 fully saturated rings. The van der Waals surface area contributed by atoms with E-state index in [0.717, 1.165) is 72.0 Å². The topological polar surface area (TPSA) is 42.4 Å². The zero-order valence-corrected chi connectivity index (χ0v) is 26.4. The van der Waals surface area contributed by atoms with Crippen LogP contribution in [0.2, 0.25) is 0 Å². The number of rotatable bonds is 5. The van der Waals surface area contributed by atoms with Gasteiger partial charge in [-0.3, -0.25) is 0 Å². The molecule has 0 N–H and O–H groups in total. The Hall–Kier alpha value is -6.65. The Bertz CT molecular complexity index is 2800. The fraction of sp³-hybridized carbons (Fsp3) is 0. The van der Waals surface area contributed by atoms with E-state index in [0.29, 0.717) is 5.89 Å². The maximum atomic E-state index is 6.92. The molecule has 4 nitrogen and oxygen atoms in total. The van der Waals surface area contributed by atoms with Gasteiger partial charge in [0.2, 0.25) is 5.89 Å². The molecule has 2 aromatic heterocycles. The van der Waals surface area contributed by atoms with Crippen molar-refractivity contribution in [1.29, 1.82) is 0 Å². The average Bonchev–Trinajstić information content (AvgIpc) is 3.77. The Balaban J connectivity index is 1.27. The Morgan fingerprint density at radius 2 is 1.14 bits per heavy atom. The Labute approximate surface area is 282 Å². The van der Waals surface area contributed by atoms with Gasteiger partial charge >= 0.3 is 0 Å². The molecule has 2 heterocycles. The van der Waals surface area contributed by atoms with Crippen LogP contribution < -0.4 is 4.90 Å². The van der Waals surface area contributed by atoms with Gasteiger partial charge in [0.05, 0.1) is 5.69 Å². The van der Waals surface area contributed by atoms with Gasteiger partial charge in [-0.1, -0.05) is 115 Å². The first-order valence-corrected chi connectivity index (χ1v) is 16.5. The quantitative estimate of drug-likeness (QED) is 0.190. The fourth-order valence-electron chi connectivity index (χ4n) is 7.15. The van der Waals surface area contributed by atoms with Gasteiger partial charge in [-0.15, -0.1) is 0 Å². The summed E-state index contributed by atoms with van der Waals surface area (Å²) in [7, 11) is 0.